The fraction of sp³-hybridized carbons (Fsp3) is 0.0189. The summed E-state index contributed by atoms with van der Waals surface area (Å²) in [5.74, 6) is 0. The van der Waals surface area contributed by atoms with E-state index in [1.54, 1.807) is 0 Å². The monoisotopic (exact) mass is 701 g/mol. The topological polar surface area (TPSA) is 16.4 Å². The summed E-state index contributed by atoms with van der Waals surface area (Å²) in [4.78, 5) is 2.39. The lowest BCUT2D eigenvalue weighted by Crippen LogP contribution is -2.28. The van der Waals surface area contributed by atoms with Crippen LogP contribution in [0.1, 0.15) is 22.3 Å². The van der Waals surface area contributed by atoms with E-state index in [0.717, 1.165) is 39.0 Å². The van der Waals surface area contributed by atoms with Crippen LogP contribution in [0.15, 0.2) is 217 Å². The van der Waals surface area contributed by atoms with Crippen molar-refractivity contribution in [1.82, 2.24) is 0 Å². The largest absolute Gasteiger partial charge is 0.454 e. The molecule has 0 fully saturated rings. The molecule has 11 rings (SSSR count). The molecule has 0 saturated carbocycles. The van der Waals surface area contributed by atoms with Crippen LogP contribution >= 0.6 is 0 Å². The van der Waals surface area contributed by atoms with Gasteiger partial charge in [0.05, 0.1) is 11.1 Å². The summed E-state index contributed by atoms with van der Waals surface area (Å²) in [6.07, 6.45) is 0. The van der Waals surface area contributed by atoms with Gasteiger partial charge in [-0.3, -0.25) is 0 Å². The van der Waals surface area contributed by atoms with Crippen LogP contribution in [0.4, 0.5) is 17.1 Å². The van der Waals surface area contributed by atoms with Crippen molar-refractivity contribution in [2.24, 2.45) is 0 Å². The molecule has 0 radical (unpaired) electrons. The predicted molar refractivity (Wildman–Crippen MR) is 229 cm³/mol. The standard InChI is InChI=1S/C53H35NO/c1-4-16-36(17-5-1)37-28-30-41(31-29-37)54(49-34-38-18-10-11-23-43(38)51-45-25-13-15-27-50(45)55-52(49)51)42-32-33-48-46(35-42)44-24-12-14-26-47(44)53(48,39-19-6-2-7-20-39)40-21-8-3-9-22-40/h1-35H. The Bertz CT molecular complexity index is 2980. The van der Waals surface area contributed by atoms with Crippen LogP contribution in [0, 0.1) is 0 Å². The molecular formula is C53H35NO. The Morgan fingerprint density at radius 3 is 1.71 bits per heavy atom. The Morgan fingerprint density at radius 1 is 0.400 bits per heavy atom. The van der Waals surface area contributed by atoms with Crippen molar-refractivity contribution in [2.75, 3.05) is 4.90 Å². The van der Waals surface area contributed by atoms with E-state index in [0.29, 0.717) is 0 Å². The van der Waals surface area contributed by atoms with Crippen molar-refractivity contribution < 1.29 is 4.42 Å². The van der Waals surface area contributed by atoms with Crippen LogP contribution in [0.2, 0.25) is 0 Å². The summed E-state index contributed by atoms with van der Waals surface area (Å²) >= 11 is 0. The molecule has 2 nitrogen and oxygen atoms in total. The first-order valence-electron chi connectivity index (χ1n) is 18.9. The second-order valence-corrected chi connectivity index (χ2v) is 14.4. The molecule has 10 aromatic rings. The van der Waals surface area contributed by atoms with E-state index < -0.39 is 5.41 Å². The van der Waals surface area contributed by atoms with E-state index >= 15 is 0 Å². The maximum absolute atomic E-state index is 6.86. The van der Waals surface area contributed by atoms with Gasteiger partial charge in [0.15, 0.2) is 5.58 Å². The van der Waals surface area contributed by atoms with Gasteiger partial charge in [-0.25, -0.2) is 0 Å². The lowest BCUT2D eigenvalue weighted by atomic mass is 9.68. The van der Waals surface area contributed by atoms with Crippen molar-refractivity contribution >= 4 is 49.8 Å². The first-order chi connectivity index (χ1) is 27.3. The van der Waals surface area contributed by atoms with Crippen LogP contribution < -0.4 is 4.90 Å². The van der Waals surface area contributed by atoms with Gasteiger partial charge in [-0.05, 0) is 91.7 Å². The van der Waals surface area contributed by atoms with Crippen molar-refractivity contribution in [1.29, 1.82) is 0 Å². The Hall–Kier alpha value is -7.16. The first-order valence-corrected chi connectivity index (χ1v) is 18.9. The van der Waals surface area contributed by atoms with Crippen LogP contribution in [0.3, 0.4) is 0 Å². The molecule has 2 heteroatoms. The molecule has 0 unspecified atom stereocenters. The van der Waals surface area contributed by atoms with Gasteiger partial charge in [-0.2, -0.15) is 0 Å². The predicted octanol–water partition coefficient (Wildman–Crippen LogP) is 14.2. The fourth-order valence-corrected chi connectivity index (χ4v) is 9.16. The number of furan rings is 1. The zero-order valence-electron chi connectivity index (χ0n) is 30.1. The normalized spacial score (nSPS) is 12.9. The van der Waals surface area contributed by atoms with Gasteiger partial charge < -0.3 is 9.32 Å². The quantitative estimate of drug-likeness (QED) is 0.172. The molecule has 0 amide bonds. The molecule has 55 heavy (non-hydrogen) atoms. The molecule has 1 aliphatic carbocycles. The number of hydrogen-bond donors (Lipinski definition) is 0. The van der Waals surface area contributed by atoms with Gasteiger partial charge >= 0.3 is 0 Å². The highest BCUT2D eigenvalue weighted by atomic mass is 16.3. The van der Waals surface area contributed by atoms with Gasteiger partial charge in [0.25, 0.3) is 0 Å². The maximum Gasteiger partial charge on any atom is 0.160 e. The number of fused-ring (bicyclic) bond motifs is 8. The van der Waals surface area contributed by atoms with Crippen molar-refractivity contribution in [3.05, 3.63) is 235 Å². The molecule has 258 valence electrons. The number of anilines is 3. The van der Waals surface area contributed by atoms with Gasteiger partial charge in [0.2, 0.25) is 0 Å². The fourth-order valence-electron chi connectivity index (χ4n) is 9.16. The summed E-state index contributed by atoms with van der Waals surface area (Å²) in [5.41, 5.74) is 14.3. The third-order valence-electron chi connectivity index (χ3n) is 11.5. The Balaban J connectivity index is 1.20. The Morgan fingerprint density at radius 2 is 0.964 bits per heavy atom. The highest BCUT2D eigenvalue weighted by Crippen LogP contribution is 2.57. The van der Waals surface area contributed by atoms with Crippen LogP contribution in [0.5, 0.6) is 0 Å². The molecule has 1 aliphatic rings. The minimum absolute atomic E-state index is 0.468. The van der Waals surface area contributed by atoms with Crippen LogP contribution in [-0.2, 0) is 5.41 Å². The minimum atomic E-state index is -0.468. The van der Waals surface area contributed by atoms with E-state index in [9.17, 15) is 0 Å². The van der Waals surface area contributed by atoms with Gasteiger partial charge in [-0.1, -0.05) is 176 Å². The summed E-state index contributed by atoms with van der Waals surface area (Å²) in [6, 6.07) is 76.9. The highest BCUT2D eigenvalue weighted by Gasteiger charge is 2.46. The van der Waals surface area contributed by atoms with E-state index in [2.05, 4.69) is 217 Å². The lowest BCUT2D eigenvalue weighted by molar-refractivity contribution is 0.669. The highest BCUT2D eigenvalue weighted by molar-refractivity contribution is 6.23. The second kappa shape index (κ2) is 12.5. The van der Waals surface area contributed by atoms with Crippen LogP contribution in [-0.4, -0.2) is 0 Å². The number of nitrogens with zero attached hydrogens (tertiary/aromatic N) is 1. The Labute approximate surface area is 320 Å². The third kappa shape index (κ3) is 4.75. The Kier molecular flexibility index (Phi) is 7.11. The molecular weight excluding hydrogens is 667 g/mol. The van der Waals surface area contributed by atoms with Crippen LogP contribution in [0.25, 0.3) is 55.0 Å². The first kappa shape index (κ1) is 31.4. The van der Waals surface area contributed by atoms with Crippen molar-refractivity contribution in [2.45, 2.75) is 5.41 Å². The number of rotatable bonds is 6. The SMILES string of the molecule is c1ccc(-c2ccc(N(c3ccc4c(c3)-c3ccccc3C4(c3ccccc3)c3ccccc3)c3cc4ccccc4c4c3oc3ccccc34)cc2)cc1. The molecule has 1 aromatic heterocycles. The van der Waals surface area contributed by atoms with E-state index in [1.165, 1.54) is 55.3 Å². The van der Waals surface area contributed by atoms with Gasteiger partial charge in [0.1, 0.15) is 5.58 Å². The molecule has 9 aromatic carbocycles. The number of hydrogen-bond acceptors (Lipinski definition) is 2. The van der Waals surface area contributed by atoms with Gasteiger partial charge in [-0.15, -0.1) is 0 Å². The lowest BCUT2D eigenvalue weighted by Gasteiger charge is -2.34. The van der Waals surface area contributed by atoms with Crippen molar-refractivity contribution in [3.8, 4) is 22.3 Å². The molecule has 0 atom stereocenters. The summed E-state index contributed by atoms with van der Waals surface area (Å²) in [7, 11) is 0. The van der Waals surface area contributed by atoms with E-state index in [-0.39, 0.29) is 0 Å². The molecule has 1 heterocycles. The maximum atomic E-state index is 6.86. The second-order valence-electron chi connectivity index (χ2n) is 14.4. The third-order valence-corrected chi connectivity index (χ3v) is 11.5. The van der Waals surface area contributed by atoms with E-state index in [4.69, 9.17) is 4.42 Å². The zero-order valence-corrected chi connectivity index (χ0v) is 30.1. The molecule has 0 aliphatic heterocycles. The molecule has 0 N–H and O–H groups in total. The molecule has 0 saturated heterocycles. The average Bonchev–Trinajstić information content (AvgIpc) is 3.80. The smallest absolute Gasteiger partial charge is 0.160 e. The number of para-hydroxylation sites is 1. The summed E-state index contributed by atoms with van der Waals surface area (Å²) in [6.45, 7) is 0. The minimum Gasteiger partial charge on any atom is -0.454 e. The molecule has 0 bridgehead atoms. The average molecular weight is 702 g/mol. The van der Waals surface area contributed by atoms with E-state index in [1.807, 2.05) is 0 Å². The van der Waals surface area contributed by atoms with Crippen molar-refractivity contribution in [3.63, 3.8) is 0 Å². The zero-order chi connectivity index (χ0) is 36.3. The summed E-state index contributed by atoms with van der Waals surface area (Å²) in [5, 5.41) is 4.60. The molecule has 0 spiro atoms. The van der Waals surface area contributed by atoms with Gasteiger partial charge in [0, 0.05) is 22.1 Å². The summed E-state index contributed by atoms with van der Waals surface area (Å²) < 4.78 is 6.86. The number of benzene rings is 9.